The molecule has 0 spiro atoms. The minimum absolute atomic E-state index is 0.451. The van der Waals surface area contributed by atoms with Gasteiger partial charge in [-0.25, -0.2) is 0 Å². The minimum Gasteiger partial charge on any atom is -0.388 e. The predicted octanol–water partition coefficient (Wildman–Crippen LogP) is 1.95. The normalized spacial score (nSPS) is 25.0. The third-order valence-electron chi connectivity index (χ3n) is 4.95. The van der Waals surface area contributed by atoms with Crippen molar-refractivity contribution in [3.05, 3.63) is 41.8 Å². The monoisotopic (exact) mass is 328 g/mol. The van der Waals surface area contributed by atoms with Crippen molar-refractivity contribution in [3.8, 4) is 0 Å². The average molecular weight is 328 g/mol. The Labute approximate surface area is 141 Å². The van der Waals surface area contributed by atoms with Gasteiger partial charge in [-0.1, -0.05) is 11.2 Å². The standard InChI is InChI=1S/C18H24N4O2/c23-18(12-16-20-17(21-24-16)14-5-6-14)8-3-10-22(13-18)11-7-15-4-1-2-9-19-15/h1-2,4,9,14,23H,3,5-8,10-13H2. The Bertz CT molecular complexity index is 671. The molecule has 1 aliphatic carbocycles. The van der Waals surface area contributed by atoms with E-state index in [0.717, 1.165) is 56.7 Å². The molecule has 1 unspecified atom stereocenters. The molecule has 1 saturated heterocycles. The summed E-state index contributed by atoms with van der Waals surface area (Å²) in [5.41, 5.74) is 0.327. The van der Waals surface area contributed by atoms with E-state index in [4.69, 9.17) is 4.52 Å². The summed E-state index contributed by atoms with van der Waals surface area (Å²) >= 11 is 0. The lowest BCUT2D eigenvalue weighted by atomic mass is 9.89. The minimum atomic E-state index is -0.768. The van der Waals surface area contributed by atoms with Gasteiger partial charge in [-0.05, 0) is 44.4 Å². The van der Waals surface area contributed by atoms with Gasteiger partial charge in [0.1, 0.15) is 0 Å². The molecule has 1 saturated carbocycles. The van der Waals surface area contributed by atoms with E-state index >= 15 is 0 Å². The summed E-state index contributed by atoms with van der Waals surface area (Å²) in [5.74, 6) is 1.88. The molecular formula is C18H24N4O2. The van der Waals surface area contributed by atoms with Crippen LogP contribution in [0.2, 0.25) is 0 Å². The summed E-state index contributed by atoms with van der Waals surface area (Å²) in [6.45, 7) is 2.59. The molecule has 2 aromatic rings. The van der Waals surface area contributed by atoms with Crippen LogP contribution in [0.5, 0.6) is 0 Å². The van der Waals surface area contributed by atoms with Gasteiger partial charge in [-0.15, -0.1) is 0 Å². The van der Waals surface area contributed by atoms with Gasteiger partial charge in [-0.2, -0.15) is 4.98 Å². The van der Waals surface area contributed by atoms with Crippen molar-refractivity contribution in [2.24, 2.45) is 0 Å². The Hall–Kier alpha value is -1.79. The molecule has 2 aromatic heterocycles. The molecule has 6 heteroatoms. The highest BCUT2D eigenvalue weighted by molar-refractivity contribution is 5.06. The van der Waals surface area contributed by atoms with E-state index in [2.05, 4.69) is 20.0 Å². The molecule has 1 atom stereocenters. The van der Waals surface area contributed by atoms with Crippen molar-refractivity contribution in [3.63, 3.8) is 0 Å². The molecule has 2 aliphatic rings. The SMILES string of the molecule is OC1(Cc2nc(C3CC3)no2)CCCN(CCc2ccccn2)C1. The molecule has 1 N–H and O–H groups in total. The second kappa shape index (κ2) is 6.61. The summed E-state index contributed by atoms with van der Waals surface area (Å²) in [6, 6.07) is 6.00. The van der Waals surface area contributed by atoms with Gasteiger partial charge >= 0.3 is 0 Å². The fourth-order valence-electron chi connectivity index (χ4n) is 3.49. The van der Waals surface area contributed by atoms with Crippen LogP contribution in [0.15, 0.2) is 28.9 Å². The number of rotatable bonds is 6. The first kappa shape index (κ1) is 15.7. The third kappa shape index (κ3) is 3.82. The van der Waals surface area contributed by atoms with E-state index < -0.39 is 5.60 Å². The Balaban J connectivity index is 1.34. The van der Waals surface area contributed by atoms with E-state index in [1.54, 1.807) is 0 Å². The van der Waals surface area contributed by atoms with Crippen molar-refractivity contribution >= 4 is 0 Å². The number of pyridine rings is 1. The molecule has 24 heavy (non-hydrogen) atoms. The average Bonchev–Trinajstić information content (AvgIpc) is 3.34. The topological polar surface area (TPSA) is 75.3 Å². The van der Waals surface area contributed by atoms with Gasteiger partial charge in [0.15, 0.2) is 5.82 Å². The molecular weight excluding hydrogens is 304 g/mol. The maximum absolute atomic E-state index is 11.0. The summed E-state index contributed by atoms with van der Waals surface area (Å²) in [5, 5.41) is 15.0. The molecule has 1 aliphatic heterocycles. The first-order valence-corrected chi connectivity index (χ1v) is 8.87. The van der Waals surface area contributed by atoms with Crippen molar-refractivity contribution in [1.82, 2.24) is 20.0 Å². The number of likely N-dealkylation sites (tertiary alicyclic amines) is 1. The second-order valence-corrected chi connectivity index (χ2v) is 7.17. The summed E-state index contributed by atoms with van der Waals surface area (Å²) in [7, 11) is 0. The van der Waals surface area contributed by atoms with Crippen LogP contribution < -0.4 is 0 Å². The van der Waals surface area contributed by atoms with Crippen LogP contribution >= 0.6 is 0 Å². The Morgan fingerprint density at radius 2 is 2.25 bits per heavy atom. The fraction of sp³-hybridized carbons (Fsp3) is 0.611. The van der Waals surface area contributed by atoms with Gasteiger partial charge in [0.05, 0.1) is 12.0 Å². The lowest BCUT2D eigenvalue weighted by molar-refractivity contribution is -0.0346. The van der Waals surface area contributed by atoms with Gasteiger partial charge in [0.25, 0.3) is 0 Å². The van der Waals surface area contributed by atoms with E-state index in [1.807, 2.05) is 24.4 Å². The quantitative estimate of drug-likeness (QED) is 0.873. The zero-order valence-corrected chi connectivity index (χ0v) is 13.9. The zero-order chi connectivity index (χ0) is 16.4. The second-order valence-electron chi connectivity index (χ2n) is 7.17. The Morgan fingerprint density at radius 3 is 3.04 bits per heavy atom. The van der Waals surface area contributed by atoms with Crippen LogP contribution in [0.3, 0.4) is 0 Å². The summed E-state index contributed by atoms with van der Waals surface area (Å²) in [6.07, 6.45) is 7.27. The van der Waals surface area contributed by atoms with Crippen molar-refractivity contribution in [1.29, 1.82) is 0 Å². The maximum Gasteiger partial charge on any atom is 0.229 e. The van der Waals surface area contributed by atoms with Crippen molar-refractivity contribution in [2.45, 2.75) is 50.0 Å². The van der Waals surface area contributed by atoms with Crippen LogP contribution in [-0.2, 0) is 12.8 Å². The smallest absolute Gasteiger partial charge is 0.229 e. The maximum atomic E-state index is 11.0. The van der Waals surface area contributed by atoms with Gasteiger partial charge in [0, 0.05) is 37.3 Å². The van der Waals surface area contributed by atoms with Gasteiger partial charge in [0.2, 0.25) is 5.89 Å². The van der Waals surface area contributed by atoms with Crippen LogP contribution in [0.4, 0.5) is 0 Å². The van der Waals surface area contributed by atoms with Crippen LogP contribution in [-0.4, -0.2) is 50.4 Å². The molecule has 0 aromatic carbocycles. The fourth-order valence-corrected chi connectivity index (χ4v) is 3.49. The van der Waals surface area contributed by atoms with Crippen molar-refractivity contribution < 1.29 is 9.63 Å². The molecule has 0 radical (unpaired) electrons. The lowest BCUT2D eigenvalue weighted by Gasteiger charge is -2.38. The number of hydrogen-bond acceptors (Lipinski definition) is 6. The lowest BCUT2D eigenvalue weighted by Crippen LogP contribution is -2.50. The molecule has 3 heterocycles. The molecule has 6 nitrogen and oxygen atoms in total. The molecule has 4 rings (SSSR count). The molecule has 2 fully saturated rings. The Kier molecular flexibility index (Phi) is 4.33. The molecule has 128 valence electrons. The first-order valence-electron chi connectivity index (χ1n) is 8.87. The third-order valence-corrected chi connectivity index (χ3v) is 4.95. The summed E-state index contributed by atoms with van der Waals surface area (Å²) < 4.78 is 5.35. The van der Waals surface area contributed by atoms with E-state index in [-0.39, 0.29) is 0 Å². The number of nitrogens with zero attached hydrogens (tertiary/aromatic N) is 4. The predicted molar refractivity (Wildman–Crippen MR) is 88.5 cm³/mol. The summed E-state index contributed by atoms with van der Waals surface area (Å²) in [4.78, 5) is 11.1. The van der Waals surface area contributed by atoms with E-state index in [9.17, 15) is 5.11 Å². The van der Waals surface area contributed by atoms with Gasteiger partial charge < -0.3 is 14.5 Å². The number of aliphatic hydroxyl groups is 1. The Morgan fingerprint density at radius 1 is 1.33 bits per heavy atom. The number of hydrogen-bond donors (Lipinski definition) is 1. The van der Waals surface area contributed by atoms with Crippen molar-refractivity contribution in [2.75, 3.05) is 19.6 Å². The molecule has 0 amide bonds. The highest BCUT2D eigenvalue weighted by atomic mass is 16.5. The highest BCUT2D eigenvalue weighted by Crippen LogP contribution is 2.38. The van der Waals surface area contributed by atoms with E-state index in [0.29, 0.717) is 24.8 Å². The highest BCUT2D eigenvalue weighted by Gasteiger charge is 2.36. The van der Waals surface area contributed by atoms with E-state index in [1.165, 1.54) is 0 Å². The zero-order valence-electron chi connectivity index (χ0n) is 13.9. The number of β-amino-alcohol motifs (C(OH)–C–C–N with tert-alkyl or cyclic N) is 1. The van der Waals surface area contributed by atoms with Crippen LogP contribution in [0.25, 0.3) is 0 Å². The van der Waals surface area contributed by atoms with Crippen LogP contribution in [0.1, 0.15) is 49.0 Å². The molecule has 0 bridgehead atoms. The van der Waals surface area contributed by atoms with Gasteiger partial charge in [-0.3, -0.25) is 4.98 Å². The number of aromatic nitrogens is 3. The van der Waals surface area contributed by atoms with Crippen LogP contribution in [0, 0.1) is 0 Å². The first-order chi connectivity index (χ1) is 11.7. The largest absolute Gasteiger partial charge is 0.388 e. The number of piperidine rings is 1.